The molecule has 1 aliphatic rings. The van der Waals surface area contributed by atoms with Crippen LogP contribution in [0, 0.1) is 0 Å². The first kappa shape index (κ1) is 17.1. The van der Waals surface area contributed by atoms with E-state index in [1.807, 2.05) is 6.92 Å². The fraction of sp³-hybridized carbons (Fsp3) is 0.615. The molecule has 1 atom stereocenters. The Morgan fingerprint density at radius 1 is 1.35 bits per heavy atom. The molecule has 5 nitrogen and oxygen atoms in total. The third-order valence-electron chi connectivity index (χ3n) is 3.32. The largest absolute Gasteiger partial charge is 0.358 e. The van der Waals surface area contributed by atoms with E-state index in [4.69, 9.17) is 11.6 Å². The number of Topliss-reactive ketones (excluding diaryl/α,β-unsaturated/α-hetero) is 1. The lowest BCUT2D eigenvalue weighted by molar-refractivity contribution is -0.120. The highest BCUT2D eigenvalue weighted by Crippen LogP contribution is 2.15. The number of carbonyl (C=O) groups is 1. The molecule has 0 spiro atoms. The zero-order valence-electron chi connectivity index (χ0n) is 11.5. The molecule has 0 bridgehead atoms. The Morgan fingerprint density at radius 2 is 2.00 bits per heavy atom. The average Bonchev–Trinajstić information content (AvgIpc) is 2.42. The molecule has 1 N–H and O–H groups in total. The van der Waals surface area contributed by atoms with E-state index in [2.05, 4.69) is 20.2 Å². The zero-order valence-corrected chi connectivity index (χ0v) is 13.1. The highest BCUT2D eigenvalue weighted by atomic mass is 35.5. The molecule has 1 aliphatic heterocycles. The molecule has 0 radical (unpaired) electrons. The third-order valence-corrected chi connectivity index (χ3v) is 3.59. The topological polar surface area (TPSA) is 58.1 Å². The number of nitrogens with one attached hydrogen (secondary N) is 1. The molecule has 1 aromatic heterocycles. The first-order valence-electron chi connectivity index (χ1n) is 6.65. The van der Waals surface area contributed by atoms with Crippen molar-refractivity contribution in [3.63, 3.8) is 0 Å². The number of anilines is 1. The van der Waals surface area contributed by atoms with Gasteiger partial charge in [-0.25, -0.2) is 9.97 Å². The normalized spacial score (nSPS) is 17.1. The van der Waals surface area contributed by atoms with Gasteiger partial charge in [0, 0.05) is 12.4 Å². The Kier molecular flexibility index (Phi) is 7.19. The molecule has 0 aromatic carbocycles. The molecular formula is C13H20Cl2N4O. The predicted molar refractivity (Wildman–Crippen MR) is 82.7 cm³/mol. The van der Waals surface area contributed by atoms with Crippen LogP contribution in [-0.4, -0.2) is 46.3 Å². The maximum absolute atomic E-state index is 12.1. The second kappa shape index (κ2) is 8.39. The number of aromatic nitrogens is 2. The Labute approximate surface area is 130 Å². The van der Waals surface area contributed by atoms with Gasteiger partial charge in [-0.2, -0.15) is 0 Å². The van der Waals surface area contributed by atoms with Gasteiger partial charge in [-0.05, 0) is 32.9 Å². The van der Waals surface area contributed by atoms with E-state index in [1.54, 1.807) is 6.20 Å². The number of hydrogen-bond donors (Lipinski definition) is 1. The highest BCUT2D eigenvalue weighted by Gasteiger charge is 2.19. The van der Waals surface area contributed by atoms with E-state index in [0.717, 1.165) is 13.1 Å². The summed E-state index contributed by atoms with van der Waals surface area (Å²) in [5.41, 5.74) is 0. The van der Waals surface area contributed by atoms with Gasteiger partial charge in [0.25, 0.3) is 0 Å². The fourth-order valence-corrected chi connectivity index (χ4v) is 2.34. The van der Waals surface area contributed by atoms with Crippen LogP contribution in [0.5, 0.6) is 0 Å². The van der Waals surface area contributed by atoms with Gasteiger partial charge >= 0.3 is 0 Å². The molecule has 1 unspecified atom stereocenters. The van der Waals surface area contributed by atoms with E-state index in [-0.39, 0.29) is 24.2 Å². The quantitative estimate of drug-likeness (QED) is 0.903. The number of halogens is 2. The lowest BCUT2D eigenvalue weighted by atomic mass is 10.1. The molecule has 0 saturated carbocycles. The second-order valence-electron chi connectivity index (χ2n) is 4.86. The summed E-state index contributed by atoms with van der Waals surface area (Å²) in [5.74, 6) is 0.618. The summed E-state index contributed by atoms with van der Waals surface area (Å²) in [6.45, 7) is 4.36. The van der Waals surface area contributed by atoms with Gasteiger partial charge in [-0.3, -0.25) is 9.69 Å². The molecule has 1 saturated heterocycles. The SMILES string of the molecule is CC(Nc1nccnc1Cl)C(=O)CN1CCCCC1.Cl. The third kappa shape index (κ3) is 4.89. The van der Waals surface area contributed by atoms with Crippen molar-refractivity contribution in [2.24, 2.45) is 0 Å². The van der Waals surface area contributed by atoms with Gasteiger partial charge in [0.1, 0.15) is 0 Å². The second-order valence-corrected chi connectivity index (χ2v) is 5.22. The van der Waals surface area contributed by atoms with Crippen LogP contribution in [0.1, 0.15) is 26.2 Å². The molecule has 0 amide bonds. The average molecular weight is 319 g/mol. The Balaban J connectivity index is 0.00000200. The monoisotopic (exact) mass is 318 g/mol. The summed E-state index contributed by atoms with van der Waals surface area (Å²) in [6, 6.07) is -0.309. The first-order valence-corrected chi connectivity index (χ1v) is 7.02. The molecular weight excluding hydrogens is 299 g/mol. The van der Waals surface area contributed by atoms with Crippen molar-refractivity contribution in [3.05, 3.63) is 17.5 Å². The number of nitrogens with zero attached hydrogens (tertiary/aromatic N) is 3. The van der Waals surface area contributed by atoms with Crippen molar-refractivity contribution < 1.29 is 4.79 Å². The molecule has 20 heavy (non-hydrogen) atoms. The number of likely N-dealkylation sites (tertiary alicyclic amines) is 1. The summed E-state index contributed by atoms with van der Waals surface area (Å²) in [5, 5.41) is 3.31. The molecule has 7 heteroatoms. The van der Waals surface area contributed by atoms with Crippen LogP contribution in [0.4, 0.5) is 5.82 Å². The molecule has 2 heterocycles. The molecule has 0 aliphatic carbocycles. The Morgan fingerprint density at radius 3 is 2.65 bits per heavy atom. The van der Waals surface area contributed by atoms with E-state index < -0.39 is 0 Å². The Bertz CT molecular complexity index is 438. The summed E-state index contributed by atoms with van der Waals surface area (Å²) < 4.78 is 0. The van der Waals surface area contributed by atoms with Crippen LogP contribution in [0.2, 0.25) is 5.15 Å². The standard InChI is InChI=1S/C13H19ClN4O.ClH/c1-10(17-13-12(14)15-5-6-16-13)11(19)9-18-7-3-2-4-8-18;/h5-6,10H,2-4,7-9H2,1H3,(H,16,17);1H. The van der Waals surface area contributed by atoms with Gasteiger partial charge < -0.3 is 5.32 Å². The summed E-state index contributed by atoms with van der Waals surface area (Å²) >= 11 is 5.91. The van der Waals surface area contributed by atoms with Crippen LogP contribution in [0.15, 0.2) is 12.4 Å². The number of hydrogen-bond acceptors (Lipinski definition) is 5. The zero-order chi connectivity index (χ0) is 13.7. The molecule has 2 rings (SSSR count). The smallest absolute Gasteiger partial charge is 0.171 e. The minimum atomic E-state index is -0.309. The van der Waals surface area contributed by atoms with Crippen LogP contribution in [0.3, 0.4) is 0 Å². The number of ketones is 1. The highest BCUT2D eigenvalue weighted by molar-refractivity contribution is 6.31. The maximum atomic E-state index is 12.1. The fourth-order valence-electron chi connectivity index (χ4n) is 2.18. The van der Waals surface area contributed by atoms with Gasteiger partial charge in [0.05, 0.1) is 12.6 Å². The summed E-state index contributed by atoms with van der Waals surface area (Å²) in [4.78, 5) is 22.3. The van der Waals surface area contributed by atoms with E-state index in [1.165, 1.54) is 25.5 Å². The van der Waals surface area contributed by atoms with Gasteiger partial charge in [0.15, 0.2) is 16.8 Å². The van der Waals surface area contributed by atoms with Crippen molar-refractivity contribution in [2.45, 2.75) is 32.2 Å². The minimum Gasteiger partial charge on any atom is -0.358 e. The molecule has 1 fully saturated rings. The van der Waals surface area contributed by atoms with Crippen molar-refractivity contribution in [3.8, 4) is 0 Å². The minimum absolute atomic E-state index is 0. The summed E-state index contributed by atoms with van der Waals surface area (Å²) in [7, 11) is 0. The molecule has 112 valence electrons. The van der Waals surface area contributed by atoms with E-state index in [9.17, 15) is 4.79 Å². The van der Waals surface area contributed by atoms with Crippen molar-refractivity contribution in [2.75, 3.05) is 25.0 Å². The van der Waals surface area contributed by atoms with Crippen LogP contribution in [0.25, 0.3) is 0 Å². The number of rotatable bonds is 5. The van der Waals surface area contributed by atoms with Crippen molar-refractivity contribution in [1.29, 1.82) is 0 Å². The van der Waals surface area contributed by atoms with E-state index >= 15 is 0 Å². The lowest BCUT2D eigenvalue weighted by Crippen LogP contribution is -2.40. The van der Waals surface area contributed by atoms with Crippen LogP contribution < -0.4 is 5.32 Å². The van der Waals surface area contributed by atoms with E-state index in [0.29, 0.717) is 17.5 Å². The number of piperidine rings is 1. The first-order chi connectivity index (χ1) is 9.16. The van der Waals surface area contributed by atoms with Crippen LogP contribution >= 0.6 is 24.0 Å². The molecule has 1 aromatic rings. The number of carbonyl (C=O) groups excluding carboxylic acids is 1. The van der Waals surface area contributed by atoms with Gasteiger partial charge in [0.2, 0.25) is 0 Å². The maximum Gasteiger partial charge on any atom is 0.171 e. The van der Waals surface area contributed by atoms with Crippen LogP contribution in [-0.2, 0) is 4.79 Å². The predicted octanol–water partition coefficient (Wildman–Crippen LogP) is 2.41. The van der Waals surface area contributed by atoms with Crippen molar-refractivity contribution >= 4 is 35.6 Å². The lowest BCUT2D eigenvalue weighted by Gasteiger charge is -2.27. The summed E-state index contributed by atoms with van der Waals surface area (Å²) in [6.07, 6.45) is 6.72. The Hall–Kier alpha value is -0.910. The van der Waals surface area contributed by atoms with Gasteiger partial charge in [-0.15, -0.1) is 12.4 Å². The van der Waals surface area contributed by atoms with Gasteiger partial charge in [-0.1, -0.05) is 18.0 Å². The van der Waals surface area contributed by atoms with Crippen molar-refractivity contribution in [1.82, 2.24) is 14.9 Å².